The summed E-state index contributed by atoms with van der Waals surface area (Å²) in [6.45, 7) is 4.96. The van der Waals surface area contributed by atoms with E-state index in [-0.39, 0.29) is 11.2 Å². The average Bonchev–Trinajstić information content (AvgIpc) is 3.07. The number of benzene rings is 1. The fourth-order valence-electron chi connectivity index (χ4n) is 4.30. The van der Waals surface area contributed by atoms with E-state index in [2.05, 4.69) is 15.1 Å². The van der Waals surface area contributed by atoms with Crippen molar-refractivity contribution >= 4 is 15.8 Å². The Labute approximate surface area is 161 Å². The lowest BCUT2D eigenvalue weighted by atomic mass is 9.79. The van der Waals surface area contributed by atoms with E-state index in [0.717, 1.165) is 49.4 Å². The Morgan fingerprint density at radius 2 is 1.81 bits per heavy atom. The third kappa shape index (κ3) is 3.99. The third-order valence-corrected chi connectivity index (χ3v) is 7.55. The van der Waals surface area contributed by atoms with E-state index in [1.165, 1.54) is 0 Å². The number of anilines is 1. The lowest BCUT2D eigenvalue weighted by Gasteiger charge is -2.40. The molecule has 0 aliphatic carbocycles. The van der Waals surface area contributed by atoms with Crippen LogP contribution in [0.4, 0.5) is 5.82 Å². The first-order valence-electron chi connectivity index (χ1n) is 9.53. The molecular weight excluding hydrogens is 360 g/mol. The molecule has 7 heteroatoms. The molecule has 0 N–H and O–H groups in total. The molecule has 2 saturated heterocycles. The zero-order chi connectivity index (χ0) is 18.9. The van der Waals surface area contributed by atoms with Gasteiger partial charge in [0.25, 0.3) is 0 Å². The Balaban J connectivity index is 1.46. The van der Waals surface area contributed by atoms with Crippen LogP contribution >= 0.6 is 0 Å². The zero-order valence-corrected chi connectivity index (χ0v) is 16.5. The number of aromatic nitrogens is 2. The summed E-state index contributed by atoms with van der Waals surface area (Å²) in [4.78, 5) is 2.27. The van der Waals surface area contributed by atoms with Crippen LogP contribution in [0.5, 0.6) is 0 Å². The lowest BCUT2D eigenvalue weighted by Crippen LogP contribution is -2.45. The topological polar surface area (TPSA) is 66.4 Å². The Hall–Kier alpha value is -1.99. The number of nitrogens with zero attached hydrogens (tertiary/aromatic N) is 4. The van der Waals surface area contributed by atoms with Gasteiger partial charge in [0.15, 0.2) is 5.82 Å². The van der Waals surface area contributed by atoms with Crippen molar-refractivity contribution in [3.05, 3.63) is 53.7 Å². The fourth-order valence-corrected chi connectivity index (χ4v) is 5.94. The van der Waals surface area contributed by atoms with Gasteiger partial charge in [-0.25, -0.2) is 12.7 Å². The van der Waals surface area contributed by atoms with E-state index >= 15 is 0 Å². The molecule has 1 atom stereocenters. The van der Waals surface area contributed by atoms with Crippen LogP contribution in [-0.2, 0) is 15.8 Å². The Morgan fingerprint density at radius 3 is 2.56 bits per heavy atom. The highest BCUT2D eigenvalue weighted by Crippen LogP contribution is 2.41. The van der Waals surface area contributed by atoms with E-state index in [1.807, 2.05) is 49.4 Å². The van der Waals surface area contributed by atoms with Gasteiger partial charge < -0.3 is 4.90 Å². The van der Waals surface area contributed by atoms with Gasteiger partial charge >= 0.3 is 0 Å². The van der Waals surface area contributed by atoms with Crippen LogP contribution in [0, 0.1) is 12.3 Å². The second-order valence-corrected chi connectivity index (χ2v) is 9.85. The van der Waals surface area contributed by atoms with Crippen molar-refractivity contribution in [3.8, 4) is 0 Å². The number of hydrogen-bond donors (Lipinski definition) is 0. The molecular formula is C20H26N4O2S. The van der Waals surface area contributed by atoms with Crippen molar-refractivity contribution in [1.29, 1.82) is 0 Å². The van der Waals surface area contributed by atoms with Crippen LogP contribution in [0.25, 0.3) is 0 Å². The molecule has 4 rings (SSSR count). The van der Waals surface area contributed by atoms with Crippen molar-refractivity contribution in [1.82, 2.24) is 14.5 Å². The number of rotatable bonds is 4. The minimum absolute atomic E-state index is 0.0224. The Bertz CT molecular complexity index is 886. The van der Waals surface area contributed by atoms with Gasteiger partial charge in [-0.1, -0.05) is 30.3 Å². The van der Waals surface area contributed by atoms with Crippen LogP contribution in [0.15, 0.2) is 42.5 Å². The number of aryl methyl sites for hydroxylation is 1. The van der Waals surface area contributed by atoms with Crippen molar-refractivity contribution in [2.45, 2.75) is 31.9 Å². The predicted octanol–water partition coefficient (Wildman–Crippen LogP) is 2.61. The summed E-state index contributed by atoms with van der Waals surface area (Å²) in [5.41, 5.74) is 1.78. The summed E-state index contributed by atoms with van der Waals surface area (Å²) in [6, 6.07) is 13.4. The van der Waals surface area contributed by atoms with E-state index in [4.69, 9.17) is 0 Å². The maximum absolute atomic E-state index is 12.9. The molecule has 0 radical (unpaired) electrons. The molecule has 1 spiro atoms. The second kappa shape index (κ2) is 7.20. The van der Waals surface area contributed by atoms with Gasteiger partial charge in [0.1, 0.15) is 0 Å². The quantitative estimate of drug-likeness (QED) is 0.808. The molecule has 144 valence electrons. The minimum Gasteiger partial charge on any atom is -0.355 e. The summed E-state index contributed by atoms with van der Waals surface area (Å²) in [5.74, 6) is 0.974. The molecule has 1 aromatic carbocycles. The van der Waals surface area contributed by atoms with Gasteiger partial charge in [0.2, 0.25) is 10.0 Å². The van der Waals surface area contributed by atoms with E-state index in [9.17, 15) is 8.42 Å². The molecule has 6 nitrogen and oxygen atoms in total. The molecule has 2 aromatic rings. The van der Waals surface area contributed by atoms with Gasteiger partial charge in [0, 0.05) is 31.6 Å². The summed E-state index contributed by atoms with van der Waals surface area (Å²) in [5, 5.41) is 8.50. The van der Waals surface area contributed by atoms with Crippen molar-refractivity contribution in [2.24, 2.45) is 5.41 Å². The molecule has 0 saturated carbocycles. The van der Waals surface area contributed by atoms with Gasteiger partial charge in [-0.05, 0) is 43.9 Å². The highest BCUT2D eigenvalue weighted by atomic mass is 32.2. The first-order chi connectivity index (χ1) is 13.0. The molecule has 2 aliphatic rings. The van der Waals surface area contributed by atoms with Crippen LogP contribution < -0.4 is 4.90 Å². The summed E-state index contributed by atoms with van der Waals surface area (Å²) in [7, 11) is -3.29. The molecule has 0 amide bonds. The second-order valence-electron chi connectivity index (χ2n) is 7.88. The van der Waals surface area contributed by atoms with E-state index in [0.29, 0.717) is 13.1 Å². The van der Waals surface area contributed by atoms with Crippen molar-refractivity contribution in [3.63, 3.8) is 0 Å². The number of piperidine rings is 1. The first kappa shape index (κ1) is 18.4. The molecule has 27 heavy (non-hydrogen) atoms. The highest BCUT2D eigenvalue weighted by Gasteiger charge is 2.45. The van der Waals surface area contributed by atoms with Gasteiger partial charge in [-0.15, -0.1) is 5.10 Å². The summed E-state index contributed by atoms with van der Waals surface area (Å²) >= 11 is 0. The van der Waals surface area contributed by atoms with Crippen LogP contribution in [0.1, 0.15) is 30.5 Å². The van der Waals surface area contributed by atoms with E-state index < -0.39 is 10.0 Å². The molecule has 3 heterocycles. The number of hydrogen-bond acceptors (Lipinski definition) is 5. The van der Waals surface area contributed by atoms with Gasteiger partial charge in [0.05, 0.1) is 11.4 Å². The monoisotopic (exact) mass is 386 g/mol. The van der Waals surface area contributed by atoms with E-state index in [1.54, 1.807) is 4.31 Å². The van der Waals surface area contributed by atoms with Gasteiger partial charge in [-0.2, -0.15) is 5.10 Å². The highest BCUT2D eigenvalue weighted by molar-refractivity contribution is 7.88. The molecule has 2 fully saturated rings. The Kier molecular flexibility index (Phi) is 4.90. The Morgan fingerprint density at radius 1 is 1.00 bits per heavy atom. The van der Waals surface area contributed by atoms with Gasteiger partial charge in [-0.3, -0.25) is 0 Å². The molecule has 2 aliphatic heterocycles. The van der Waals surface area contributed by atoms with Crippen LogP contribution in [0.3, 0.4) is 0 Å². The largest absolute Gasteiger partial charge is 0.355 e. The minimum atomic E-state index is -3.29. The third-order valence-electron chi connectivity index (χ3n) is 5.76. The van der Waals surface area contributed by atoms with Crippen LogP contribution in [0.2, 0.25) is 0 Å². The molecule has 1 aromatic heterocycles. The predicted molar refractivity (Wildman–Crippen MR) is 106 cm³/mol. The maximum Gasteiger partial charge on any atom is 0.218 e. The lowest BCUT2D eigenvalue weighted by molar-refractivity contribution is 0.246. The standard InChI is InChI=1S/C20H26N4O2S/c1-17-8-9-19(22-21-17)23-12-5-10-20(15-23)11-13-24(16-20)27(25,26)14-18-6-3-2-4-7-18/h2-4,6-9H,5,10-16H2,1H3/t20-/m0/s1. The maximum atomic E-state index is 12.9. The smallest absolute Gasteiger partial charge is 0.218 e. The molecule has 0 unspecified atom stereocenters. The zero-order valence-electron chi connectivity index (χ0n) is 15.7. The normalized spacial score (nSPS) is 23.8. The SMILES string of the molecule is Cc1ccc(N2CCC[C@]3(CCN(S(=O)(=O)Cc4ccccc4)C3)C2)nn1. The average molecular weight is 387 g/mol. The van der Waals surface area contributed by atoms with Crippen molar-refractivity contribution < 1.29 is 8.42 Å². The van der Waals surface area contributed by atoms with Crippen LogP contribution in [-0.4, -0.2) is 49.1 Å². The summed E-state index contributed by atoms with van der Waals surface area (Å²) in [6.07, 6.45) is 3.04. The summed E-state index contributed by atoms with van der Waals surface area (Å²) < 4.78 is 27.5. The number of sulfonamides is 1. The fraction of sp³-hybridized carbons (Fsp3) is 0.500. The van der Waals surface area contributed by atoms with Crippen molar-refractivity contribution in [2.75, 3.05) is 31.1 Å². The molecule has 0 bridgehead atoms. The first-order valence-corrected chi connectivity index (χ1v) is 11.1.